The summed E-state index contributed by atoms with van der Waals surface area (Å²) >= 11 is 0. The molecule has 2 aliphatic rings. The van der Waals surface area contributed by atoms with Gasteiger partial charge in [-0.1, -0.05) is 38.0 Å². The number of benzene rings is 1. The van der Waals surface area contributed by atoms with Gasteiger partial charge in [-0.25, -0.2) is 4.79 Å². The number of esters is 1. The minimum absolute atomic E-state index is 0.164. The minimum Gasteiger partial charge on any atom is -0.452 e. The molecule has 0 bridgehead atoms. The molecular formula is C23H33N3O4. The lowest BCUT2D eigenvalue weighted by Gasteiger charge is -2.32. The number of para-hydroxylation sites is 1. The predicted molar refractivity (Wildman–Crippen MR) is 115 cm³/mol. The quantitative estimate of drug-likeness (QED) is 0.720. The molecule has 1 saturated carbocycles. The van der Waals surface area contributed by atoms with Gasteiger partial charge < -0.3 is 20.3 Å². The third-order valence-electron chi connectivity index (χ3n) is 6.24. The third kappa shape index (κ3) is 5.97. The Morgan fingerprint density at radius 1 is 1.03 bits per heavy atom. The van der Waals surface area contributed by atoms with Crippen LogP contribution in [0.1, 0.15) is 52.4 Å². The number of rotatable bonds is 5. The number of nitrogens with one attached hydrogen (secondary N) is 2. The van der Waals surface area contributed by atoms with E-state index in [1.54, 1.807) is 11.8 Å². The summed E-state index contributed by atoms with van der Waals surface area (Å²) in [5.41, 5.74) is 0.746. The van der Waals surface area contributed by atoms with E-state index in [0.29, 0.717) is 31.8 Å². The van der Waals surface area contributed by atoms with Gasteiger partial charge >= 0.3 is 12.0 Å². The average molecular weight is 416 g/mol. The van der Waals surface area contributed by atoms with Crippen LogP contribution in [0.3, 0.4) is 0 Å². The van der Waals surface area contributed by atoms with Gasteiger partial charge in [-0.15, -0.1) is 0 Å². The smallest absolute Gasteiger partial charge is 0.321 e. The minimum atomic E-state index is -0.800. The van der Waals surface area contributed by atoms with Crippen molar-refractivity contribution in [3.05, 3.63) is 30.3 Å². The van der Waals surface area contributed by atoms with E-state index in [2.05, 4.69) is 17.6 Å². The molecule has 1 saturated heterocycles. The molecule has 7 nitrogen and oxygen atoms in total. The Balaban J connectivity index is 1.41. The standard InChI is InChI=1S/C23H33N3O4/c1-16-8-6-7-11-20(16)25-21(27)17(2)30-22(28)18-12-14-26(15-13-18)23(29)24-19-9-4-3-5-10-19/h3-5,9-10,16-18,20H,6-8,11-15H2,1-2H3,(H,24,29)(H,25,27)/t16-,17-,20+/m1/s1. The molecule has 1 aliphatic carbocycles. The first-order valence-electron chi connectivity index (χ1n) is 11.1. The summed E-state index contributed by atoms with van der Waals surface area (Å²) in [5, 5.41) is 5.91. The summed E-state index contributed by atoms with van der Waals surface area (Å²) < 4.78 is 5.45. The van der Waals surface area contributed by atoms with Crippen molar-refractivity contribution in [3.63, 3.8) is 0 Å². The van der Waals surface area contributed by atoms with Crippen LogP contribution in [0.5, 0.6) is 0 Å². The second kappa shape index (κ2) is 10.5. The topological polar surface area (TPSA) is 87.7 Å². The number of piperidine rings is 1. The second-order valence-electron chi connectivity index (χ2n) is 8.51. The van der Waals surface area contributed by atoms with Gasteiger partial charge in [0.2, 0.25) is 0 Å². The van der Waals surface area contributed by atoms with Crippen LogP contribution in [-0.2, 0) is 14.3 Å². The monoisotopic (exact) mass is 415 g/mol. The van der Waals surface area contributed by atoms with Gasteiger partial charge in [-0.3, -0.25) is 9.59 Å². The number of hydrogen-bond acceptors (Lipinski definition) is 4. The zero-order valence-electron chi connectivity index (χ0n) is 17.9. The summed E-state index contributed by atoms with van der Waals surface area (Å²) in [4.78, 5) is 39.0. The van der Waals surface area contributed by atoms with Crippen LogP contribution in [0, 0.1) is 11.8 Å². The largest absolute Gasteiger partial charge is 0.452 e. The van der Waals surface area contributed by atoms with E-state index in [1.807, 2.05) is 30.3 Å². The lowest BCUT2D eigenvalue weighted by molar-refractivity contribution is -0.160. The van der Waals surface area contributed by atoms with Crippen molar-refractivity contribution in [1.82, 2.24) is 10.2 Å². The molecule has 0 unspecified atom stereocenters. The molecule has 1 aromatic rings. The van der Waals surface area contributed by atoms with Gasteiger partial charge in [0.1, 0.15) is 0 Å². The molecule has 3 rings (SSSR count). The molecule has 0 spiro atoms. The highest BCUT2D eigenvalue weighted by Gasteiger charge is 2.31. The number of amides is 3. The molecule has 3 amide bonds. The Morgan fingerprint density at radius 3 is 2.37 bits per heavy atom. The molecule has 1 aliphatic heterocycles. The zero-order chi connectivity index (χ0) is 21.5. The lowest BCUT2D eigenvalue weighted by atomic mass is 9.86. The zero-order valence-corrected chi connectivity index (χ0v) is 17.9. The molecule has 30 heavy (non-hydrogen) atoms. The van der Waals surface area contributed by atoms with Gasteiger partial charge in [0.25, 0.3) is 5.91 Å². The number of urea groups is 1. The van der Waals surface area contributed by atoms with E-state index in [-0.39, 0.29) is 29.9 Å². The Kier molecular flexibility index (Phi) is 7.71. The van der Waals surface area contributed by atoms with E-state index in [1.165, 1.54) is 6.42 Å². The molecule has 0 radical (unpaired) electrons. The van der Waals surface area contributed by atoms with Gasteiger partial charge in [-0.2, -0.15) is 0 Å². The van der Waals surface area contributed by atoms with E-state index in [0.717, 1.165) is 24.9 Å². The van der Waals surface area contributed by atoms with Gasteiger partial charge in [0, 0.05) is 24.8 Å². The van der Waals surface area contributed by atoms with Crippen LogP contribution in [0.4, 0.5) is 10.5 Å². The summed E-state index contributed by atoms with van der Waals surface area (Å²) in [6.45, 7) is 4.75. The Bertz CT molecular complexity index is 731. The number of likely N-dealkylation sites (tertiary alicyclic amines) is 1. The maximum atomic E-state index is 12.5. The van der Waals surface area contributed by atoms with Gasteiger partial charge in [-0.05, 0) is 50.7 Å². The number of ether oxygens (including phenoxy) is 1. The van der Waals surface area contributed by atoms with Crippen molar-refractivity contribution in [1.29, 1.82) is 0 Å². The van der Waals surface area contributed by atoms with E-state index >= 15 is 0 Å². The number of carbonyl (C=O) groups is 3. The highest BCUT2D eigenvalue weighted by Crippen LogP contribution is 2.24. The van der Waals surface area contributed by atoms with Crippen molar-refractivity contribution >= 4 is 23.6 Å². The normalized spacial score (nSPS) is 23.3. The fourth-order valence-corrected chi connectivity index (χ4v) is 4.20. The van der Waals surface area contributed by atoms with E-state index < -0.39 is 6.10 Å². The second-order valence-corrected chi connectivity index (χ2v) is 8.51. The average Bonchev–Trinajstić information content (AvgIpc) is 2.76. The highest BCUT2D eigenvalue weighted by atomic mass is 16.5. The summed E-state index contributed by atoms with van der Waals surface area (Å²) in [5.74, 6) is -0.397. The third-order valence-corrected chi connectivity index (χ3v) is 6.24. The van der Waals surface area contributed by atoms with Crippen LogP contribution in [0.15, 0.2) is 30.3 Å². The molecule has 3 atom stereocenters. The van der Waals surface area contributed by atoms with Crippen LogP contribution in [-0.4, -0.2) is 48.0 Å². The molecule has 7 heteroatoms. The van der Waals surface area contributed by atoms with Crippen molar-refractivity contribution in [3.8, 4) is 0 Å². The fourth-order valence-electron chi connectivity index (χ4n) is 4.20. The predicted octanol–water partition coefficient (Wildman–Crippen LogP) is 3.56. The Hall–Kier alpha value is -2.57. The van der Waals surface area contributed by atoms with Gasteiger partial charge in [0.05, 0.1) is 5.92 Å². The molecule has 1 aromatic carbocycles. The molecule has 2 N–H and O–H groups in total. The molecule has 0 aromatic heterocycles. The van der Waals surface area contributed by atoms with Crippen LogP contribution in [0.2, 0.25) is 0 Å². The van der Waals surface area contributed by atoms with Crippen LogP contribution >= 0.6 is 0 Å². The molecular weight excluding hydrogens is 382 g/mol. The Labute approximate surface area is 178 Å². The number of carbonyl (C=O) groups excluding carboxylic acids is 3. The van der Waals surface area contributed by atoms with Crippen molar-refractivity contribution in [2.45, 2.75) is 64.5 Å². The summed E-state index contributed by atoms with van der Waals surface area (Å²) in [6, 6.07) is 9.30. The molecule has 164 valence electrons. The number of nitrogens with zero attached hydrogens (tertiary/aromatic N) is 1. The SMILES string of the molecule is C[C@@H]1CCCC[C@@H]1NC(=O)[C@@H](C)OC(=O)C1CCN(C(=O)Nc2ccccc2)CC1. The maximum absolute atomic E-state index is 12.5. The van der Waals surface area contributed by atoms with Crippen molar-refractivity contribution in [2.24, 2.45) is 11.8 Å². The van der Waals surface area contributed by atoms with Crippen LogP contribution < -0.4 is 10.6 Å². The first kappa shape index (κ1) is 22.1. The van der Waals surface area contributed by atoms with Crippen molar-refractivity contribution in [2.75, 3.05) is 18.4 Å². The molecule has 2 fully saturated rings. The van der Waals surface area contributed by atoms with Gasteiger partial charge in [0.15, 0.2) is 6.10 Å². The number of anilines is 1. The highest BCUT2D eigenvalue weighted by molar-refractivity contribution is 5.89. The summed E-state index contributed by atoms with van der Waals surface area (Å²) in [7, 11) is 0. The lowest BCUT2D eigenvalue weighted by Crippen LogP contribution is -2.47. The molecule has 1 heterocycles. The maximum Gasteiger partial charge on any atom is 0.321 e. The van der Waals surface area contributed by atoms with Crippen molar-refractivity contribution < 1.29 is 19.1 Å². The van der Waals surface area contributed by atoms with Crippen LogP contribution in [0.25, 0.3) is 0 Å². The fraction of sp³-hybridized carbons (Fsp3) is 0.609. The van der Waals surface area contributed by atoms with E-state index in [4.69, 9.17) is 4.74 Å². The Morgan fingerprint density at radius 2 is 1.70 bits per heavy atom. The first-order chi connectivity index (χ1) is 14.4. The number of hydrogen-bond donors (Lipinski definition) is 2. The summed E-state index contributed by atoms with van der Waals surface area (Å²) in [6.07, 6.45) is 4.71. The van der Waals surface area contributed by atoms with E-state index in [9.17, 15) is 14.4 Å². The first-order valence-corrected chi connectivity index (χ1v) is 11.1.